The van der Waals surface area contributed by atoms with Crippen LogP contribution in [0.1, 0.15) is 11.3 Å². The number of hydrogen-bond donors (Lipinski definition) is 1. The van der Waals surface area contributed by atoms with E-state index in [-0.39, 0.29) is 0 Å². The fraction of sp³-hybridized carbons (Fsp3) is 0. The Bertz CT molecular complexity index is 992. The van der Waals surface area contributed by atoms with Crippen molar-refractivity contribution in [1.82, 2.24) is 30.2 Å². The first-order valence-electron chi connectivity index (χ1n) is 7.38. The maximum Gasteiger partial charge on any atom is 0.200 e. The summed E-state index contributed by atoms with van der Waals surface area (Å²) in [4.78, 5) is 4.27. The molecule has 0 aliphatic heterocycles. The van der Waals surface area contributed by atoms with E-state index in [4.69, 9.17) is 0 Å². The van der Waals surface area contributed by atoms with Crippen molar-refractivity contribution in [2.24, 2.45) is 0 Å². The van der Waals surface area contributed by atoms with Gasteiger partial charge in [0.15, 0.2) is 11.5 Å². The van der Waals surface area contributed by atoms with E-state index in [1.54, 1.807) is 12.3 Å². The van der Waals surface area contributed by atoms with Gasteiger partial charge in [0.25, 0.3) is 0 Å². The number of benzene rings is 1. The van der Waals surface area contributed by atoms with Crippen molar-refractivity contribution < 1.29 is 0 Å². The molecule has 0 radical (unpaired) electrons. The maximum atomic E-state index is 4.30. The van der Waals surface area contributed by atoms with Gasteiger partial charge < -0.3 is 5.32 Å². The Hall–Kier alpha value is -3.61. The summed E-state index contributed by atoms with van der Waals surface area (Å²) in [5.41, 5.74) is 3.52. The van der Waals surface area contributed by atoms with Gasteiger partial charge >= 0.3 is 0 Å². The van der Waals surface area contributed by atoms with E-state index in [9.17, 15) is 0 Å². The number of rotatable bonds is 4. The fourth-order valence-electron chi connectivity index (χ4n) is 2.24. The lowest BCUT2D eigenvalue weighted by Crippen LogP contribution is -2.00. The second kappa shape index (κ2) is 6.25. The van der Waals surface area contributed by atoms with Crippen molar-refractivity contribution in [2.75, 3.05) is 5.32 Å². The molecule has 3 aromatic heterocycles. The summed E-state index contributed by atoms with van der Waals surface area (Å²) < 4.78 is 1.38. The van der Waals surface area contributed by atoms with Crippen LogP contribution in [0.2, 0.25) is 0 Å². The number of aromatic nitrogens is 6. The molecule has 0 spiro atoms. The van der Waals surface area contributed by atoms with Gasteiger partial charge in [0, 0.05) is 11.9 Å². The van der Waals surface area contributed by atoms with E-state index in [1.807, 2.05) is 60.7 Å². The number of nitrogens with one attached hydrogen (secondary N) is 1. The van der Waals surface area contributed by atoms with E-state index >= 15 is 0 Å². The van der Waals surface area contributed by atoms with Crippen LogP contribution >= 0.6 is 0 Å². The minimum absolute atomic E-state index is 0.604. The van der Waals surface area contributed by atoms with Crippen molar-refractivity contribution >= 4 is 29.3 Å². The minimum Gasteiger partial charge on any atom is -0.339 e. The highest BCUT2D eigenvalue weighted by molar-refractivity contribution is 5.71. The van der Waals surface area contributed by atoms with Gasteiger partial charge in [-0.1, -0.05) is 24.3 Å². The molecule has 0 aliphatic carbocycles. The Kier molecular flexibility index (Phi) is 3.65. The molecule has 0 bridgehead atoms. The van der Waals surface area contributed by atoms with Crippen LogP contribution in [0.25, 0.3) is 17.8 Å². The van der Waals surface area contributed by atoms with Crippen LogP contribution < -0.4 is 5.32 Å². The maximum absolute atomic E-state index is 4.30. The Morgan fingerprint density at radius 3 is 2.88 bits per heavy atom. The molecule has 4 rings (SSSR count). The molecule has 4 aromatic rings. The first-order valence-corrected chi connectivity index (χ1v) is 7.38. The third-order valence-corrected chi connectivity index (χ3v) is 3.36. The zero-order valence-corrected chi connectivity index (χ0v) is 12.6. The summed E-state index contributed by atoms with van der Waals surface area (Å²) in [5, 5.41) is 18.7. The Morgan fingerprint density at radius 2 is 1.96 bits per heavy atom. The number of pyridine rings is 1. The lowest BCUT2D eigenvalue weighted by molar-refractivity contribution is 0.736. The summed E-state index contributed by atoms with van der Waals surface area (Å²) in [5.74, 6) is 0.667. The molecule has 0 saturated heterocycles. The van der Waals surface area contributed by atoms with Crippen LogP contribution in [0.3, 0.4) is 0 Å². The third-order valence-electron chi connectivity index (χ3n) is 3.36. The molecule has 1 N–H and O–H groups in total. The highest BCUT2D eigenvalue weighted by Gasteiger charge is 2.01. The van der Waals surface area contributed by atoms with Crippen molar-refractivity contribution in [1.29, 1.82) is 0 Å². The number of anilines is 2. The van der Waals surface area contributed by atoms with Gasteiger partial charge in [-0.2, -0.15) is 0 Å². The van der Waals surface area contributed by atoms with E-state index in [2.05, 4.69) is 30.9 Å². The second-order valence-corrected chi connectivity index (χ2v) is 5.08. The van der Waals surface area contributed by atoms with Crippen molar-refractivity contribution in [3.05, 3.63) is 72.1 Å². The predicted octanol–water partition coefficient (Wildman–Crippen LogP) is 2.83. The van der Waals surface area contributed by atoms with Crippen LogP contribution in [-0.2, 0) is 0 Å². The Morgan fingerprint density at radius 1 is 0.958 bits per heavy atom. The summed E-state index contributed by atoms with van der Waals surface area (Å²) in [6.07, 6.45) is 5.77. The van der Waals surface area contributed by atoms with Gasteiger partial charge in [0.2, 0.25) is 0 Å². The third kappa shape index (κ3) is 3.09. The van der Waals surface area contributed by atoms with E-state index in [0.29, 0.717) is 11.5 Å². The molecule has 0 saturated carbocycles. The molecule has 0 aliphatic rings. The molecule has 0 atom stereocenters. The standard InChI is InChI=1S/C17H13N7/c1-2-11-18-14(5-1)8-7-13-4-3-6-15(12-13)19-16-9-10-17-20-22-23-24(17)21-16/h1-12H,(H,19,21). The van der Waals surface area contributed by atoms with Gasteiger partial charge in [-0.3, -0.25) is 4.98 Å². The van der Waals surface area contributed by atoms with Crippen LogP contribution in [0, 0.1) is 0 Å². The quantitative estimate of drug-likeness (QED) is 0.623. The molecular formula is C17H13N7. The van der Waals surface area contributed by atoms with Crippen molar-refractivity contribution in [3.63, 3.8) is 0 Å². The number of hydrogen-bond acceptors (Lipinski definition) is 6. The summed E-state index contributed by atoms with van der Waals surface area (Å²) >= 11 is 0. The Balaban J connectivity index is 1.54. The van der Waals surface area contributed by atoms with E-state index in [0.717, 1.165) is 16.9 Å². The van der Waals surface area contributed by atoms with Gasteiger partial charge in [-0.05, 0) is 58.5 Å². The highest BCUT2D eigenvalue weighted by Crippen LogP contribution is 2.17. The topological polar surface area (TPSA) is 80.9 Å². The summed E-state index contributed by atoms with van der Waals surface area (Å²) in [6, 6.07) is 17.5. The molecule has 7 nitrogen and oxygen atoms in total. The molecular weight excluding hydrogens is 302 g/mol. The molecule has 0 fully saturated rings. The molecule has 0 unspecified atom stereocenters. The smallest absolute Gasteiger partial charge is 0.200 e. The second-order valence-electron chi connectivity index (χ2n) is 5.08. The first-order chi connectivity index (χ1) is 11.9. The molecule has 116 valence electrons. The minimum atomic E-state index is 0.604. The van der Waals surface area contributed by atoms with Crippen LogP contribution in [0.4, 0.5) is 11.5 Å². The lowest BCUT2D eigenvalue weighted by atomic mass is 10.1. The van der Waals surface area contributed by atoms with Gasteiger partial charge in [0.05, 0.1) is 5.69 Å². The van der Waals surface area contributed by atoms with Crippen LogP contribution in [0.5, 0.6) is 0 Å². The van der Waals surface area contributed by atoms with Crippen LogP contribution in [-0.4, -0.2) is 30.2 Å². The van der Waals surface area contributed by atoms with Crippen molar-refractivity contribution in [2.45, 2.75) is 0 Å². The molecule has 0 amide bonds. The molecule has 24 heavy (non-hydrogen) atoms. The van der Waals surface area contributed by atoms with Gasteiger partial charge in [0.1, 0.15) is 0 Å². The average Bonchev–Trinajstić information content (AvgIpc) is 3.09. The van der Waals surface area contributed by atoms with Gasteiger partial charge in [-0.15, -0.1) is 14.8 Å². The number of fused-ring (bicyclic) bond motifs is 1. The number of nitrogens with zero attached hydrogens (tertiary/aromatic N) is 6. The normalized spacial score (nSPS) is 11.2. The number of tetrazole rings is 1. The monoisotopic (exact) mass is 315 g/mol. The molecule has 7 heteroatoms. The van der Waals surface area contributed by atoms with Crippen molar-refractivity contribution in [3.8, 4) is 0 Å². The molecule has 3 heterocycles. The summed E-state index contributed by atoms with van der Waals surface area (Å²) in [7, 11) is 0. The highest BCUT2D eigenvalue weighted by atomic mass is 15.6. The van der Waals surface area contributed by atoms with Crippen LogP contribution in [0.15, 0.2) is 60.8 Å². The van der Waals surface area contributed by atoms with Gasteiger partial charge in [-0.25, -0.2) is 0 Å². The average molecular weight is 315 g/mol. The molecule has 1 aromatic carbocycles. The summed E-state index contributed by atoms with van der Waals surface area (Å²) in [6.45, 7) is 0. The van der Waals surface area contributed by atoms with E-state index in [1.165, 1.54) is 4.63 Å². The fourth-order valence-corrected chi connectivity index (χ4v) is 2.24. The Labute approximate surface area is 137 Å². The largest absolute Gasteiger partial charge is 0.339 e. The SMILES string of the molecule is C(=Cc1ccccn1)c1cccc(Nc2ccc3nnnn3n2)c1. The first kappa shape index (κ1) is 14.0. The van der Waals surface area contributed by atoms with E-state index < -0.39 is 0 Å². The zero-order chi connectivity index (χ0) is 16.2. The predicted molar refractivity (Wildman–Crippen MR) is 91.5 cm³/mol. The lowest BCUT2D eigenvalue weighted by Gasteiger charge is -2.06. The zero-order valence-electron chi connectivity index (χ0n) is 12.6.